The van der Waals surface area contributed by atoms with E-state index in [1.54, 1.807) is 66.7 Å². The molecule has 1 aliphatic rings. The first-order valence-corrected chi connectivity index (χ1v) is 18.9. The molecule has 1 heterocycles. The Morgan fingerprint density at radius 2 is 1.52 bits per heavy atom. The summed E-state index contributed by atoms with van der Waals surface area (Å²) >= 11 is 2.74. The third-order valence-electron chi connectivity index (χ3n) is 8.75. The fourth-order valence-corrected chi connectivity index (χ4v) is 8.52. The molecule has 0 spiro atoms. The maximum absolute atomic E-state index is 14.1. The molecule has 1 aromatic heterocycles. The lowest BCUT2D eigenvalue weighted by Gasteiger charge is -2.18. The Hall–Kier alpha value is -5.85. The van der Waals surface area contributed by atoms with Crippen LogP contribution in [0.1, 0.15) is 60.4 Å². The SMILES string of the molecule is COC(=O)c1c(NC(=O)C(Sc2cccc(NC(=O)/C(=C\c3cccc(OC)c3OC)NC(=O)c3ccccc3)c2)c2ccccc2)sc2c1CCCC2. The number of thioether (sulfide) groups is 1. The van der Waals surface area contributed by atoms with Crippen LogP contribution in [0.25, 0.3) is 6.08 Å². The van der Waals surface area contributed by atoms with Crippen LogP contribution < -0.4 is 25.4 Å². The number of fused-ring (bicyclic) bond motifs is 1. The van der Waals surface area contributed by atoms with Crippen molar-refractivity contribution < 1.29 is 33.4 Å². The van der Waals surface area contributed by atoms with E-state index >= 15 is 0 Å². The monoisotopic (exact) mass is 761 g/mol. The largest absolute Gasteiger partial charge is 0.493 e. The van der Waals surface area contributed by atoms with Crippen LogP contribution in [0, 0.1) is 0 Å². The maximum Gasteiger partial charge on any atom is 0.341 e. The Kier molecular flexibility index (Phi) is 12.5. The normalized spacial score (nSPS) is 12.8. The molecule has 6 rings (SSSR count). The number of benzene rings is 4. The van der Waals surface area contributed by atoms with Crippen LogP contribution in [0.3, 0.4) is 0 Å². The first-order chi connectivity index (χ1) is 26.3. The zero-order valence-corrected chi connectivity index (χ0v) is 31.6. The van der Waals surface area contributed by atoms with E-state index in [9.17, 15) is 19.2 Å². The zero-order chi connectivity index (χ0) is 38.0. The molecule has 276 valence electrons. The highest BCUT2D eigenvalue weighted by molar-refractivity contribution is 8.00. The van der Waals surface area contributed by atoms with Gasteiger partial charge in [0, 0.05) is 26.6 Å². The van der Waals surface area contributed by atoms with E-state index < -0.39 is 23.0 Å². The molecular weight excluding hydrogens is 723 g/mol. The van der Waals surface area contributed by atoms with Crippen LogP contribution in [-0.2, 0) is 27.2 Å². The molecule has 0 aliphatic heterocycles. The topological polar surface area (TPSA) is 132 Å². The van der Waals surface area contributed by atoms with Gasteiger partial charge in [0.25, 0.3) is 11.8 Å². The molecule has 3 amide bonds. The van der Waals surface area contributed by atoms with Crippen molar-refractivity contribution in [2.75, 3.05) is 32.0 Å². The lowest BCUT2D eigenvalue weighted by atomic mass is 9.95. The predicted octanol–water partition coefficient (Wildman–Crippen LogP) is 8.31. The number of hydrogen-bond donors (Lipinski definition) is 3. The zero-order valence-electron chi connectivity index (χ0n) is 30.0. The number of esters is 1. The molecule has 5 aromatic rings. The number of nitrogens with one attached hydrogen (secondary N) is 3. The van der Waals surface area contributed by atoms with Gasteiger partial charge in [-0.1, -0.05) is 66.7 Å². The number of para-hydroxylation sites is 1. The van der Waals surface area contributed by atoms with Gasteiger partial charge < -0.3 is 30.2 Å². The molecule has 4 aromatic carbocycles. The Labute approximate surface area is 321 Å². The highest BCUT2D eigenvalue weighted by Crippen LogP contribution is 2.42. The van der Waals surface area contributed by atoms with Crippen molar-refractivity contribution in [2.24, 2.45) is 0 Å². The smallest absolute Gasteiger partial charge is 0.341 e. The summed E-state index contributed by atoms with van der Waals surface area (Å²) < 4.78 is 16.1. The maximum atomic E-state index is 14.1. The third kappa shape index (κ3) is 8.84. The molecule has 1 unspecified atom stereocenters. The summed E-state index contributed by atoms with van der Waals surface area (Å²) in [7, 11) is 4.36. The molecular formula is C42H39N3O7S2. The summed E-state index contributed by atoms with van der Waals surface area (Å²) in [6, 6.07) is 30.3. The molecule has 0 saturated heterocycles. The number of methoxy groups -OCH3 is 3. The Bertz CT molecular complexity index is 2180. The van der Waals surface area contributed by atoms with Gasteiger partial charge in [0.1, 0.15) is 15.9 Å². The van der Waals surface area contributed by atoms with Gasteiger partial charge in [-0.25, -0.2) is 4.79 Å². The minimum atomic E-state index is -0.706. The average Bonchev–Trinajstić information content (AvgIpc) is 3.57. The minimum Gasteiger partial charge on any atom is -0.493 e. The molecule has 10 nitrogen and oxygen atoms in total. The van der Waals surface area contributed by atoms with E-state index in [-0.39, 0.29) is 11.6 Å². The van der Waals surface area contributed by atoms with Gasteiger partial charge in [-0.3, -0.25) is 14.4 Å². The lowest BCUT2D eigenvalue weighted by Crippen LogP contribution is -2.30. The van der Waals surface area contributed by atoms with Crippen molar-refractivity contribution in [3.05, 3.63) is 142 Å². The van der Waals surface area contributed by atoms with Crippen molar-refractivity contribution >= 4 is 63.6 Å². The molecule has 54 heavy (non-hydrogen) atoms. The molecule has 3 N–H and O–H groups in total. The van der Waals surface area contributed by atoms with Gasteiger partial charge in [0.05, 0.1) is 26.9 Å². The fraction of sp³-hybridized carbons (Fsp3) is 0.190. The quantitative estimate of drug-likeness (QED) is 0.0621. The molecule has 1 aliphatic carbocycles. The number of thiophene rings is 1. The Morgan fingerprint density at radius 1 is 0.796 bits per heavy atom. The number of ether oxygens (including phenoxy) is 3. The summed E-state index contributed by atoms with van der Waals surface area (Å²) in [5.74, 6) is -0.963. The van der Waals surface area contributed by atoms with Crippen molar-refractivity contribution in [3.63, 3.8) is 0 Å². The van der Waals surface area contributed by atoms with Gasteiger partial charge in [-0.15, -0.1) is 23.1 Å². The average molecular weight is 762 g/mol. The van der Waals surface area contributed by atoms with E-state index in [2.05, 4.69) is 16.0 Å². The Balaban J connectivity index is 1.27. The molecule has 0 radical (unpaired) electrons. The summed E-state index contributed by atoms with van der Waals surface area (Å²) in [5, 5.41) is 8.50. The van der Waals surface area contributed by atoms with Crippen molar-refractivity contribution in [1.82, 2.24) is 5.32 Å². The second-order valence-electron chi connectivity index (χ2n) is 12.2. The van der Waals surface area contributed by atoms with Gasteiger partial charge in [0.2, 0.25) is 5.91 Å². The van der Waals surface area contributed by atoms with E-state index in [0.29, 0.717) is 43.8 Å². The molecule has 0 saturated carbocycles. The van der Waals surface area contributed by atoms with Crippen LogP contribution in [-0.4, -0.2) is 45.0 Å². The summed E-state index contributed by atoms with van der Waals surface area (Å²) in [5.41, 5.74) is 3.44. The molecule has 0 fully saturated rings. The number of amides is 3. The van der Waals surface area contributed by atoms with Crippen LogP contribution >= 0.6 is 23.1 Å². The third-order valence-corrected chi connectivity index (χ3v) is 11.2. The number of anilines is 2. The van der Waals surface area contributed by atoms with Crippen molar-refractivity contribution in [2.45, 2.75) is 35.8 Å². The van der Waals surface area contributed by atoms with Crippen LogP contribution in [0.4, 0.5) is 10.7 Å². The second-order valence-corrected chi connectivity index (χ2v) is 14.5. The predicted molar refractivity (Wildman–Crippen MR) is 212 cm³/mol. The number of carbonyl (C=O) groups excluding carboxylic acids is 4. The summed E-state index contributed by atoms with van der Waals surface area (Å²) in [6.45, 7) is 0. The van der Waals surface area contributed by atoms with Crippen molar-refractivity contribution in [3.8, 4) is 11.5 Å². The summed E-state index contributed by atoms with van der Waals surface area (Å²) in [4.78, 5) is 56.0. The number of hydrogen-bond acceptors (Lipinski definition) is 9. The molecule has 1 atom stereocenters. The molecule has 12 heteroatoms. The van der Waals surface area contributed by atoms with Gasteiger partial charge in [-0.05, 0) is 79.3 Å². The van der Waals surface area contributed by atoms with Crippen molar-refractivity contribution in [1.29, 1.82) is 0 Å². The number of carbonyl (C=O) groups is 4. The number of aryl methyl sites for hydroxylation is 1. The van der Waals surface area contributed by atoms with Gasteiger partial charge in [-0.2, -0.15) is 0 Å². The Morgan fingerprint density at radius 3 is 2.24 bits per heavy atom. The highest BCUT2D eigenvalue weighted by atomic mass is 32.2. The summed E-state index contributed by atoms with van der Waals surface area (Å²) in [6.07, 6.45) is 5.15. The van der Waals surface area contributed by atoms with E-state index in [0.717, 1.165) is 41.7 Å². The lowest BCUT2D eigenvalue weighted by molar-refractivity contribution is -0.116. The van der Waals surface area contributed by atoms with Crippen LogP contribution in [0.2, 0.25) is 0 Å². The highest BCUT2D eigenvalue weighted by Gasteiger charge is 2.30. The first kappa shape index (κ1) is 37.9. The van der Waals surface area contributed by atoms with E-state index in [1.165, 1.54) is 50.5 Å². The van der Waals surface area contributed by atoms with Crippen LogP contribution in [0.15, 0.2) is 114 Å². The number of rotatable bonds is 13. The van der Waals surface area contributed by atoms with Crippen LogP contribution in [0.5, 0.6) is 11.5 Å². The molecule has 0 bridgehead atoms. The first-order valence-electron chi connectivity index (χ1n) is 17.3. The van der Waals surface area contributed by atoms with E-state index in [4.69, 9.17) is 14.2 Å². The standard InChI is InChI=1S/C42H39N3O7S2/c1-50-33-22-12-18-28(36(33)51-2)24-32(44-38(46)27-16-8-5-9-17-27)39(47)43-29-19-13-20-30(25-29)53-37(26-14-6-4-7-15-26)40(48)45-41-35(42(49)52-3)31-21-10-11-23-34(31)54-41/h4-9,12-20,22,24-25,37H,10-11,21,23H2,1-3H3,(H,43,47)(H,44,46)(H,45,48)/b32-24+. The van der Waals surface area contributed by atoms with Gasteiger partial charge >= 0.3 is 5.97 Å². The fourth-order valence-electron chi connectivity index (χ4n) is 6.16. The van der Waals surface area contributed by atoms with Gasteiger partial charge in [0.15, 0.2) is 11.5 Å². The van der Waals surface area contributed by atoms with E-state index in [1.807, 2.05) is 36.4 Å². The minimum absolute atomic E-state index is 0.0324. The second kappa shape index (κ2) is 17.8.